The first-order chi connectivity index (χ1) is 17.8. The minimum atomic E-state index is 0.430. The number of aldehydes is 1. The number of rotatable bonds is 9. The lowest BCUT2D eigenvalue weighted by molar-refractivity contribution is 0.112. The minimum absolute atomic E-state index is 0.430. The number of pyridine rings is 1. The molecule has 1 heterocycles. The van der Waals surface area contributed by atoms with Crippen LogP contribution in [0.25, 0.3) is 22.3 Å². The van der Waals surface area contributed by atoms with Gasteiger partial charge in [0.1, 0.15) is 19.5 Å². The highest BCUT2D eigenvalue weighted by molar-refractivity contribution is 5.85. The van der Waals surface area contributed by atoms with Gasteiger partial charge in [0.15, 0.2) is 11.5 Å². The average Bonchev–Trinajstić information content (AvgIpc) is 2.96. The van der Waals surface area contributed by atoms with Crippen molar-refractivity contribution < 1.29 is 14.3 Å². The zero-order valence-corrected chi connectivity index (χ0v) is 19.7. The van der Waals surface area contributed by atoms with Gasteiger partial charge in [-0.15, -0.1) is 0 Å². The summed E-state index contributed by atoms with van der Waals surface area (Å²) in [4.78, 5) is 15.5. The van der Waals surface area contributed by atoms with Crippen molar-refractivity contribution in [1.29, 1.82) is 0 Å². The molecule has 0 fully saturated rings. The van der Waals surface area contributed by atoms with Gasteiger partial charge in [-0.1, -0.05) is 91.0 Å². The summed E-state index contributed by atoms with van der Waals surface area (Å²) in [5, 5.41) is 0. The fourth-order valence-electron chi connectivity index (χ4n) is 4.00. The van der Waals surface area contributed by atoms with Gasteiger partial charge in [0.25, 0.3) is 0 Å². The summed E-state index contributed by atoms with van der Waals surface area (Å²) in [7, 11) is 0. The van der Waals surface area contributed by atoms with E-state index in [0.29, 0.717) is 30.3 Å². The summed E-state index contributed by atoms with van der Waals surface area (Å²) in [6, 6.07) is 35.6. The molecule has 4 heteroatoms. The van der Waals surface area contributed by atoms with Gasteiger partial charge in [-0.3, -0.25) is 9.78 Å². The van der Waals surface area contributed by atoms with E-state index in [2.05, 4.69) is 4.98 Å². The van der Waals surface area contributed by atoms with Crippen LogP contribution in [-0.2, 0) is 13.2 Å². The van der Waals surface area contributed by atoms with Crippen molar-refractivity contribution in [3.8, 4) is 33.8 Å². The fourth-order valence-corrected chi connectivity index (χ4v) is 4.00. The minimum Gasteiger partial charge on any atom is -0.485 e. The van der Waals surface area contributed by atoms with E-state index in [1.807, 2.05) is 115 Å². The highest BCUT2D eigenvalue weighted by Crippen LogP contribution is 2.37. The Morgan fingerprint density at radius 1 is 0.611 bits per heavy atom. The summed E-state index contributed by atoms with van der Waals surface area (Å²) in [6.07, 6.45) is 4.47. The molecule has 0 aliphatic carbocycles. The Kier molecular flexibility index (Phi) is 7.14. The normalized spacial score (nSPS) is 10.6. The smallest absolute Gasteiger partial charge is 0.162 e. The SMILES string of the molecule is O=Cc1ccc(-c2ccncc2-c2ccc(OCc3ccccc3)c(OCc3ccccc3)c2)cc1. The second-order valence-corrected chi connectivity index (χ2v) is 8.37. The predicted octanol–water partition coefficient (Wildman–Crippen LogP) is 7.39. The monoisotopic (exact) mass is 471 g/mol. The summed E-state index contributed by atoms with van der Waals surface area (Å²) in [5.41, 5.74) is 6.77. The molecular weight excluding hydrogens is 446 g/mol. The maximum atomic E-state index is 11.1. The van der Waals surface area contributed by atoms with Gasteiger partial charge in [-0.2, -0.15) is 0 Å². The van der Waals surface area contributed by atoms with Crippen molar-refractivity contribution in [1.82, 2.24) is 4.98 Å². The summed E-state index contributed by atoms with van der Waals surface area (Å²) < 4.78 is 12.4. The first kappa shape index (κ1) is 23.1. The molecule has 4 aromatic carbocycles. The molecule has 4 nitrogen and oxygen atoms in total. The van der Waals surface area contributed by atoms with E-state index in [9.17, 15) is 4.79 Å². The van der Waals surface area contributed by atoms with E-state index in [1.165, 1.54) is 0 Å². The predicted molar refractivity (Wildman–Crippen MR) is 142 cm³/mol. The molecule has 176 valence electrons. The molecule has 0 unspecified atom stereocenters. The zero-order chi connectivity index (χ0) is 24.6. The number of hydrogen-bond acceptors (Lipinski definition) is 4. The third-order valence-electron chi connectivity index (χ3n) is 5.91. The van der Waals surface area contributed by atoms with Gasteiger partial charge in [-0.25, -0.2) is 0 Å². The van der Waals surface area contributed by atoms with Crippen LogP contribution in [-0.4, -0.2) is 11.3 Å². The molecule has 0 atom stereocenters. The van der Waals surface area contributed by atoms with Crippen LogP contribution >= 0.6 is 0 Å². The molecule has 0 spiro atoms. The van der Waals surface area contributed by atoms with Crippen molar-refractivity contribution in [3.63, 3.8) is 0 Å². The van der Waals surface area contributed by atoms with Crippen LogP contribution in [0.15, 0.2) is 122 Å². The molecule has 5 aromatic rings. The third kappa shape index (κ3) is 5.50. The van der Waals surface area contributed by atoms with E-state index >= 15 is 0 Å². The van der Waals surface area contributed by atoms with Crippen molar-refractivity contribution in [2.45, 2.75) is 13.2 Å². The topological polar surface area (TPSA) is 48.4 Å². The van der Waals surface area contributed by atoms with Crippen LogP contribution in [0, 0.1) is 0 Å². The molecule has 0 aliphatic rings. The lowest BCUT2D eigenvalue weighted by Crippen LogP contribution is -2.01. The molecular formula is C32H25NO3. The standard InChI is InChI=1S/C32H25NO3/c34-21-24-11-13-27(14-12-24)29-17-18-33-20-30(29)28-15-16-31(35-22-25-7-3-1-4-8-25)32(19-28)36-23-26-9-5-2-6-10-26/h1-21H,22-23H2. The Morgan fingerprint density at radius 3 is 1.86 bits per heavy atom. The average molecular weight is 472 g/mol. The second-order valence-electron chi connectivity index (χ2n) is 8.37. The van der Waals surface area contributed by atoms with Crippen molar-refractivity contribution >= 4 is 6.29 Å². The van der Waals surface area contributed by atoms with Gasteiger partial charge in [-0.05, 0) is 46.0 Å². The summed E-state index contributed by atoms with van der Waals surface area (Å²) >= 11 is 0. The number of carbonyl (C=O) groups is 1. The lowest BCUT2D eigenvalue weighted by atomic mass is 9.96. The maximum absolute atomic E-state index is 11.1. The summed E-state index contributed by atoms with van der Waals surface area (Å²) in [6.45, 7) is 0.877. The van der Waals surface area contributed by atoms with Crippen LogP contribution in [0.2, 0.25) is 0 Å². The first-order valence-corrected chi connectivity index (χ1v) is 11.8. The number of aromatic nitrogens is 1. The van der Waals surface area contributed by atoms with E-state index in [-0.39, 0.29) is 0 Å². The van der Waals surface area contributed by atoms with Gasteiger partial charge in [0.2, 0.25) is 0 Å². The van der Waals surface area contributed by atoms with E-state index < -0.39 is 0 Å². The van der Waals surface area contributed by atoms with E-state index in [4.69, 9.17) is 9.47 Å². The molecule has 0 aliphatic heterocycles. The Balaban J connectivity index is 1.48. The fraction of sp³-hybridized carbons (Fsp3) is 0.0625. The van der Waals surface area contributed by atoms with E-state index in [1.54, 1.807) is 6.20 Å². The second kappa shape index (κ2) is 11.2. The first-order valence-electron chi connectivity index (χ1n) is 11.8. The number of hydrogen-bond donors (Lipinski definition) is 0. The van der Waals surface area contributed by atoms with Gasteiger partial charge in [0.05, 0.1) is 0 Å². The molecule has 1 aromatic heterocycles. The number of carbonyl (C=O) groups excluding carboxylic acids is 1. The van der Waals surface area contributed by atoms with Crippen LogP contribution < -0.4 is 9.47 Å². The number of ether oxygens (including phenoxy) is 2. The Bertz CT molecular complexity index is 1430. The molecule has 5 rings (SSSR count). The third-order valence-corrected chi connectivity index (χ3v) is 5.91. The molecule has 0 N–H and O–H groups in total. The maximum Gasteiger partial charge on any atom is 0.162 e. The van der Waals surface area contributed by atoms with Crippen LogP contribution in [0.1, 0.15) is 21.5 Å². The highest BCUT2D eigenvalue weighted by Gasteiger charge is 2.13. The van der Waals surface area contributed by atoms with Gasteiger partial charge in [0, 0.05) is 23.5 Å². The van der Waals surface area contributed by atoms with Crippen LogP contribution in [0.4, 0.5) is 0 Å². The lowest BCUT2D eigenvalue weighted by Gasteiger charge is -2.16. The number of nitrogens with zero attached hydrogens (tertiary/aromatic N) is 1. The largest absolute Gasteiger partial charge is 0.485 e. The Labute approximate surface area is 210 Å². The zero-order valence-electron chi connectivity index (χ0n) is 19.7. The number of benzene rings is 4. The van der Waals surface area contributed by atoms with Crippen molar-refractivity contribution in [2.24, 2.45) is 0 Å². The molecule has 0 saturated heterocycles. The van der Waals surface area contributed by atoms with Crippen molar-refractivity contribution in [2.75, 3.05) is 0 Å². The quantitative estimate of drug-likeness (QED) is 0.210. The Morgan fingerprint density at radius 2 is 1.22 bits per heavy atom. The molecule has 0 radical (unpaired) electrons. The molecule has 0 amide bonds. The highest BCUT2D eigenvalue weighted by atomic mass is 16.5. The Hall–Kier alpha value is -4.70. The van der Waals surface area contributed by atoms with Gasteiger partial charge < -0.3 is 9.47 Å². The summed E-state index contributed by atoms with van der Waals surface area (Å²) in [5.74, 6) is 1.35. The van der Waals surface area contributed by atoms with Crippen LogP contribution in [0.3, 0.4) is 0 Å². The molecule has 36 heavy (non-hydrogen) atoms. The molecule has 0 bridgehead atoms. The van der Waals surface area contributed by atoms with Gasteiger partial charge >= 0.3 is 0 Å². The van der Waals surface area contributed by atoms with E-state index in [0.717, 1.165) is 39.7 Å². The molecule has 0 saturated carbocycles. The van der Waals surface area contributed by atoms with Crippen molar-refractivity contribution in [3.05, 3.63) is 138 Å². The van der Waals surface area contributed by atoms with Crippen LogP contribution in [0.5, 0.6) is 11.5 Å².